The van der Waals surface area contributed by atoms with Gasteiger partial charge in [0.25, 0.3) is 0 Å². The average molecular weight is 339 g/mol. The lowest BCUT2D eigenvalue weighted by Gasteiger charge is -2.29. The van der Waals surface area contributed by atoms with E-state index in [-0.39, 0.29) is 5.97 Å². The van der Waals surface area contributed by atoms with Gasteiger partial charge in [0.05, 0.1) is 25.3 Å². The third-order valence-electron chi connectivity index (χ3n) is 4.66. The number of pyridine rings is 1. The number of esters is 1. The van der Waals surface area contributed by atoms with Crippen molar-refractivity contribution in [3.63, 3.8) is 0 Å². The number of benzene rings is 1. The number of hydrogen-bond acceptors (Lipinski definition) is 5. The van der Waals surface area contributed by atoms with Crippen molar-refractivity contribution < 1.29 is 14.3 Å². The summed E-state index contributed by atoms with van der Waals surface area (Å²) >= 11 is 0. The Morgan fingerprint density at radius 1 is 1.24 bits per heavy atom. The fourth-order valence-electron chi connectivity index (χ4n) is 3.43. The number of hydrogen-bond donors (Lipinski definition) is 0. The molecule has 1 fully saturated rings. The lowest BCUT2D eigenvalue weighted by Crippen LogP contribution is -2.37. The highest BCUT2D eigenvalue weighted by molar-refractivity contribution is 6.10. The number of aromatic nitrogens is 2. The van der Waals surface area contributed by atoms with Crippen molar-refractivity contribution in [3.05, 3.63) is 35.9 Å². The molecule has 6 heteroatoms. The molecular formula is C19H21N3O3. The molecule has 1 aromatic carbocycles. The third kappa shape index (κ3) is 2.62. The molecule has 0 amide bonds. The fourth-order valence-corrected chi connectivity index (χ4v) is 3.43. The van der Waals surface area contributed by atoms with E-state index in [1.807, 2.05) is 32.2 Å². The number of morpholine rings is 1. The Bertz CT molecular complexity index is 942. The van der Waals surface area contributed by atoms with Crippen LogP contribution in [0, 0.1) is 0 Å². The van der Waals surface area contributed by atoms with E-state index in [0.29, 0.717) is 31.2 Å². The molecule has 0 spiro atoms. The quantitative estimate of drug-likeness (QED) is 0.687. The van der Waals surface area contributed by atoms with E-state index in [2.05, 4.69) is 21.6 Å². The number of carbonyl (C=O) groups excluding carboxylic acids is 1. The molecule has 1 saturated heterocycles. The summed E-state index contributed by atoms with van der Waals surface area (Å²) in [6.45, 7) is 4.86. The Morgan fingerprint density at radius 3 is 2.76 bits per heavy atom. The first-order chi connectivity index (χ1) is 12.2. The van der Waals surface area contributed by atoms with Crippen LogP contribution in [0.3, 0.4) is 0 Å². The molecule has 25 heavy (non-hydrogen) atoms. The van der Waals surface area contributed by atoms with Crippen molar-refractivity contribution in [2.45, 2.75) is 6.92 Å². The van der Waals surface area contributed by atoms with Crippen LogP contribution in [0.15, 0.2) is 30.3 Å². The number of aryl methyl sites for hydroxylation is 1. The molecule has 130 valence electrons. The van der Waals surface area contributed by atoms with Gasteiger partial charge in [-0.15, -0.1) is 0 Å². The number of fused-ring (bicyclic) bond motifs is 3. The fraction of sp³-hybridized carbons (Fsp3) is 0.368. The van der Waals surface area contributed by atoms with Gasteiger partial charge in [0.2, 0.25) is 0 Å². The molecule has 0 unspecified atom stereocenters. The normalized spacial score (nSPS) is 15.0. The zero-order valence-electron chi connectivity index (χ0n) is 14.5. The maximum Gasteiger partial charge on any atom is 0.341 e. The first kappa shape index (κ1) is 15.9. The second kappa shape index (κ2) is 6.37. The van der Waals surface area contributed by atoms with Crippen molar-refractivity contribution >= 4 is 33.7 Å². The molecule has 0 atom stereocenters. The topological polar surface area (TPSA) is 56.6 Å². The van der Waals surface area contributed by atoms with Gasteiger partial charge >= 0.3 is 5.97 Å². The maximum atomic E-state index is 12.6. The Kier molecular flexibility index (Phi) is 4.05. The summed E-state index contributed by atoms with van der Waals surface area (Å²) in [5.74, 6) is 0.353. The first-order valence-electron chi connectivity index (χ1n) is 8.58. The lowest BCUT2D eigenvalue weighted by molar-refractivity contribution is 0.0526. The molecule has 3 heterocycles. The van der Waals surface area contributed by atoms with E-state index in [1.54, 1.807) is 0 Å². The number of ether oxygens (including phenoxy) is 2. The van der Waals surface area contributed by atoms with E-state index in [9.17, 15) is 4.79 Å². The molecule has 4 rings (SSSR count). The Balaban J connectivity index is 1.97. The SMILES string of the molecule is CCOC(=O)c1cc2c3ccccc3n(C)c2nc1N1CCOCC1. The zero-order chi connectivity index (χ0) is 17.4. The van der Waals surface area contributed by atoms with Crippen LogP contribution in [0.4, 0.5) is 5.82 Å². The van der Waals surface area contributed by atoms with E-state index < -0.39 is 0 Å². The summed E-state index contributed by atoms with van der Waals surface area (Å²) in [4.78, 5) is 19.5. The van der Waals surface area contributed by atoms with Gasteiger partial charge in [-0.05, 0) is 19.1 Å². The summed E-state index contributed by atoms with van der Waals surface area (Å²) in [6, 6.07) is 10.1. The number of para-hydroxylation sites is 1. The van der Waals surface area contributed by atoms with E-state index >= 15 is 0 Å². The van der Waals surface area contributed by atoms with Crippen LogP contribution in [0.1, 0.15) is 17.3 Å². The first-order valence-corrected chi connectivity index (χ1v) is 8.58. The minimum absolute atomic E-state index is 0.327. The van der Waals surface area contributed by atoms with Crippen LogP contribution >= 0.6 is 0 Å². The molecule has 3 aromatic rings. The van der Waals surface area contributed by atoms with Crippen molar-refractivity contribution in [2.75, 3.05) is 37.8 Å². The van der Waals surface area contributed by atoms with Crippen LogP contribution in [-0.2, 0) is 16.5 Å². The van der Waals surface area contributed by atoms with Crippen LogP contribution < -0.4 is 4.90 Å². The van der Waals surface area contributed by atoms with Gasteiger partial charge in [0.1, 0.15) is 17.0 Å². The highest BCUT2D eigenvalue weighted by atomic mass is 16.5. The molecule has 6 nitrogen and oxygen atoms in total. The molecular weight excluding hydrogens is 318 g/mol. The minimum Gasteiger partial charge on any atom is -0.462 e. The molecule has 2 aromatic heterocycles. The zero-order valence-corrected chi connectivity index (χ0v) is 14.5. The van der Waals surface area contributed by atoms with Crippen LogP contribution in [0.2, 0.25) is 0 Å². The molecule has 0 saturated carbocycles. The number of rotatable bonds is 3. The smallest absolute Gasteiger partial charge is 0.341 e. The number of carbonyl (C=O) groups is 1. The molecule has 0 N–H and O–H groups in total. The molecule has 1 aliphatic heterocycles. The summed E-state index contributed by atoms with van der Waals surface area (Å²) < 4.78 is 12.8. The second-order valence-corrected chi connectivity index (χ2v) is 6.13. The van der Waals surface area contributed by atoms with E-state index in [0.717, 1.165) is 35.0 Å². The van der Waals surface area contributed by atoms with Crippen molar-refractivity contribution in [1.29, 1.82) is 0 Å². The highest BCUT2D eigenvalue weighted by Gasteiger charge is 2.24. The Labute approximate surface area is 145 Å². The summed E-state index contributed by atoms with van der Waals surface area (Å²) in [5.41, 5.74) is 2.49. The number of anilines is 1. The Morgan fingerprint density at radius 2 is 2.00 bits per heavy atom. The standard InChI is InChI=1S/C19H21N3O3/c1-3-25-19(23)15-12-14-13-6-4-5-7-16(13)21(2)17(14)20-18(15)22-8-10-24-11-9-22/h4-7,12H,3,8-11H2,1-2H3. The monoisotopic (exact) mass is 339 g/mol. The predicted octanol–water partition coefficient (Wildman–Crippen LogP) is 2.74. The van der Waals surface area contributed by atoms with Gasteiger partial charge in [-0.1, -0.05) is 18.2 Å². The van der Waals surface area contributed by atoms with Gasteiger partial charge in [0.15, 0.2) is 0 Å². The van der Waals surface area contributed by atoms with Gasteiger partial charge in [-0.25, -0.2) is 9.78 Å². The van der Waals surface area contributed by atoms with Crippen LogP contribution in [0.25, 0.3) is 21.9 Å². The second-order valence-electron chi connectivity index (χ2n) is 6.13. The van der Waals surface area contributed by atoms with Gasteiger partial charge in [-0.2, -0.15) is 0 Å². The maximum absolute atomic E-state index is 12.6. The Hall–Kier alpha value is -2.60. The third-order valence-corrected chi connectivity index (χ3v) is 4.66. The predicted molar refractivity (Wildman–Crippen MR) is 97.2 cm³/mol. The molecule has 0 radical (unpaired) electrons. The molecule has 1 aliphatic rings. The summed E-state index contributed by atoms with van der Waals surface area (Å²) in [6.07, 6.45) is 0. The largest absolute Gasteiger partial charge is 0.462 e. The molecule has 0 aliphatic carbocycles. The number of nitrogens with zero attached hydrogens (tertiary/aromatic N) is 3. The van der Waals surface area contributed by atoms with Gasteiger partial charge in [0, 0.05) is 30.9 Å². The van der Waals surface area contributed by atoms with Crippen LogP contribution in [-0.4, -0.2) is 48.4 Å². The summed E-state index contributed by atoms with van der Waals surface area (Å²) in [5, 5.41) is 2.06. The van der Waals surface area contributed by atoms with Gasteiger partial charge in [-0.3, -0.25) is 0 Å². The van der Waals surface area contributed by atoms with Crippen LogP contribution in [0.5, 0.6) is 0 Å². The van der Waals surface area contributed by atoms with Crippen molar-refractivity contribution in [1.82, 2.24) is 9.55 Å². The van der Waals surface area contributed by atoms with E-state index in [1.165, 1.54) is 0 Å². The highest BCUT2D eigenvalue weighted by Crippen LogP contribution is 2.32. The van der Waals surface area contributed by atoms with Gasteiger partial charge < -0.3 is 18.9 Å². The summed E-state index contributed by atoms with van der Waals surface area (Å²) in [7, 11) is 2.00. The average Bonchev–Trinajstić information content (AvgIpc) is 2.94. The molecule has 0 bridgehead atoms. The van der Waals surface area contributed by atoms with E-state index in [4.69, 9.17) is 14.5 Å². The lowest BCUT2D eigenvalue weighted by atomic mass is 10.1. The van der Waals surface area contributed by atoms with Crippen molar-refractivity contribution in [3.8, 4) is 0 Å². The van der Waals surface area contributed by atoms with Crippen molar-refractivity contribution in [2.24, 2.45) is 7.05 Å². The minimum atomic E-state index is -0.327.